The van der Waals surface area contributed by atoms with Crippen molar-refractivity contribution in [1.29, 1.82) is 0 Å². The number of nitrogens with one attached hydrogen (secondary N) is 1. The van der Waals surface area contributed by atoms with Crippen LogP contribution in [0.25, 0.3) is 0 Å². The molecule has 0 amide bonds. The van der Waals surface area contributed by atoms with E-state index < -0.39 is 0 Å². The first-order valence-electron chi connectivity index (χ1n) is 10.6. The molecule has 4 heterocycles. The zero-order chi connectivity index (χ0) is 19.3. The van der Waals surface area contributed by atoms with Gasteiger partial charge in [0.2, 0.25) is 5.95 Å². The normalized spacial score (nSPS) is 25.8. The highest BCUT2D eigenvalue weighted by Crippen LogP contribution is 2.40. The highest BCUT2D eigenvalue weighted by atomic mass is 16.6. The molecule has 1 aliphatic carbocycles. The lowest BCUT2D eigenvalue weighted by molar-refractivity contribution is 0.0503. The molecule has 7 heteroatoms. The number of aromatic nitrogens is 2. The predicted molar refractivity (Wildman–Crippen MR) is 107 cm³/mol. The zero-order valence-corrected chi connectivity index (χ0v) is 16.5. The lowest BCUT2D eigenvalue weighted by Gasteiger charge is -2.34. The number of anilines is 1. The number of fused-ring (bicyclic) bond motifs is 3. The minimum Gasteiger partial charge on any atom is -0.486 e. The van der Waals surface area contributed by atoms with E-state index in [-0.39, 0.29) is 5.41 Å². The molecule has 1 aromatic carbocycles. The fraction of sp³-hybridized carbons (Fsp3) is 0.545. The van der Waals surface area contributed by atoms with Crippen LogP contribution in [0.1, 0.15) is 36.1 Å². The van der Waals surface area contributed by atoms with Gasteiger partial charge in [0.1, 0.15) is 13.2 Å². The molecule has 2 aromatic rings. The van der Waals surface area contributed by atoms with Crippen molar-refractivity contribution in [2.24, 2.45) is 0 Å². The lowest BCUT2D eigenvalue weighted by Crippen LogP contribution is -2.40. The van der Waals surface area contributed by atoms with E-state index in [0.29, 0.717) is 25.9 Å². The maximum Gasteiger partial charge on any atom is 0.223 e. The summed E-state index contributed by atoms with van der Waals surface area (Å²) in [7, 11) is 0. The molecule has 1 atom stereocenters. The Kier molecular flexibility index (Phi) is 4.13. The van der Waals surface area contributed by atoms with E-state index >= 15 is 0 Å². The van der Waals surface area contributed by atoms with Gasteiger partial charge in [0.05, 0.1) is 24.3 Å². The molecule has 1 saturated carbocycles. The van der Waals surface area contributed by atoms with Gasteiger partial charge in [-0.1, -0.05) is 6.07 Å². The van der Waals surface area contributed by atoms with E-state index in [2.05, 4.69) is 27.3 Å². The predicted octanol–water partition coefficient (Wildman–Crippen LogP) is 2.50. The van der Waals surface area contributed by atoms with Crippen LogP contribution >= 0.6 is 0 Å². The average molecular weight is 394 g/mol. The smallest absolute Gasteiger partial charge is 0.223 e. The fourth-order valence-corrected chi connectivity index (χ4v) is 4.72. The molecule has 7 nitrogen and oxygen atoms in total. The van der Waals surface area contributed by atoms with E-state index in [1.807, 2.05) is 12.3 Å². The monoisotopic (exact) mass is 394 g/mol. The summed E-state index contributed by atoms with van der Waals surface area (Å²) in [4.78, 5) is 12.0. The fourth-order valence-electron chi connectivity index (χ4n) is 4.72. The third-order valence-corrected chi connectivity index (χ3v) is 6.36. The molecule has 1 saturated heterocycles. The summed E-state index contributed by atoms with van der Waals surface area (Å²) in [6, 6.07) is 6.84. The molecular weight excluding hydrogens is 368 g/mol. The largest absolute Gasteiger partial charge is 0.486 e. The van der Waals surface area contributed by atoms with Crippen LogP contribution < -0.4 is 14.8 Å². The van der Waals surface area contributed by atoms with Crippen LogP contribution in [-0.2, 0) is 23.3 Å². The van der Waals surface area contributed by atoms with Gasteiger partial charge >= 0.3 is 0 Å². The minimum atomic E-state index is -0.0374. The van der Waals surface area contributed by atoms with Crippen LogP contribution in [0.5, 0.6) is 11.5 Å². The van der Waals surface area contributed by atoms with Crippen LogP contribution in [0.4, 0.5) is 5.95 Å². The Labute approximate surface area is 170 Å². The van der Waals surface area contributed by atoms with E-state index in [0.717, 1.165) is 55.7 Å². The van der Waals surface area contributed by atoms with Crippen LogP contribution in [0.15, 0.2) is 24.4 Å². The molecule has 0 unspecified atom stereocenters. The number of nitrogens with zero attached hydrogens (tertiary/aromatic N) is 3. The molecule has 1 N–H and O–H groups in total. The Morgan fingerprint density at radius 1 is 1.17 bits per heavy atom. The summed E-state index contributed by atoms with van der Waals surface area (Å²) in [6.45, 7) is 5.47. The minimum absolute atomic E-state index is 0.0374. The first kappa shape index (κ1) is 17.5. The van der Waals surface area contributed by atoms with Crippen molar-refractivity contribution >= 4 is 5.95 Å². The number of benzene rings is 1. The van der Waals surface area contributed by atoms with E-state index in [1.54, 1.807) is 0 Å². The van der Waals surface area contributed by atoms with Crippen LogP contribution in [0, 0.1) is 0 Å². The van der Waals surface area contributed by atoms with Crippen molar-refractivity contribution in [2.45, 2.75) is 43.9 Å². The number of hydrogen-bond donors (Lipinski definition) is 1. The van der Waals surface area contributed by atoms with E-state index in [9.17, 15) is 0 Å². The molecular formula is C22H26N4O3. The number of rotatable bonds is 4. The Morgan fingerprint density at radius 2 is 2.07 bits per heavy atom. The summed E-state index contributed by atoms with van der Waals surface area (Å²) in [6.07, 6.45) is 5.46. The molecule has 0 bridgehead atoms. The summed E-state index contributed by atoms with van der Waals surface area (Å²) >= 11 is 0. The number of likely N-dealkylation sites (tertiary alicyclic amines) is 1. The first-order chi connectivity index (χ1) is 14.3. The summed E-state index contributed by atoms with van der Waals surface area (Å²) in [5.74, 6) is 2.48. The quantitative estimate of drug-likeness (QED) is 0.854. The Morgan fingerprint density at radius 3 is 2.97 bits per heavy atom. The first-order valence-corrected chi connectivity index (χ1v) is 10.6. The molecule has 29 heavy (non-hydrogen) atoms. The van der Waals surface area contributed by atoms with E-state index in [4.69, 9.17) is 19.2 Å². The second-order valence-corrected chi connectivity index (χ2v) is 8.70. The van der Waals surface area contributed by atoms with Crippen LogP contribution in [0.3, 0.4) is 0 Å². The summed E-state index contributed by atoms with van der Waals surface area (Å²) < 4.78 is 17.4. The van der Waals surface area contributed by atoms with Crippen LogP contribution in [0.2, 0.25) is 0 Å². The molecule has 152 valence electrons. The summed E-state index contributed by atoms with van der Waals surface area (Å²) in [5, 5.41) is 3.45. The van der Waals surface area contributed by atoms with Gasteiger partial charge < -0.3 is 19.5 Å². The van der Waals surface area contributed by atoms with Crippen molar-refractivity contribution < 1.29 is 14.2 Å². The van der Waals surface area contributed by atoms with Gasteiger partial charge in [0.25, 0.3) is 0 Å². The van der Waals surface area contributed by atoms with Gasteiger partial charge in [-0.3, -0.25) is 4.90 Å². The van der Waals surface area contributed by atoms with Crippen molar-refractivity contribution in [3.8, 4) is 11.5 Å². The Hall–Kier alpha value is -2.38. The van der Waals surface area contributed by atoms with Crippen molar-refractivity contribution in [1.82, 2.24) is 14.9 Å². The van der Waals surface area contributed by atoms with Gasteiger partial charge in [-0.25, -0.2) is 9.97 Å². The van der Waals surface area contributed by atoms with Crippen LogP contribution in [-0.4, -0.2) is 53.8 Å². The van der Waals surface area contributed by atoms with Crippen molar-refractivity contribution in [3.05, 3.63) is 41.2 Å². The van der Waals surface area contributed by atoms with Gasteiger partial charge in [0.15, 0.2) is 11.5 Å². The van der Waals surface area contributed by atoms with Crippen molar-refractivity contribution in [2.75, 3.05) is 38.2 Å². The third-order valence-electron chi connectivity index (χ3n) is 6.36. The zero-order valence-electron chi connectivity index (χ0n) is 16.5. The standard InChI is InChI=1S/C22H26N4O3/c1-4-18-19(29-8-7-28-18)9-15(1)11-26-6-5-22(13-26)14-27-12-16-10-23-21(25-20(16)22)24-17-2-3-17/h1,4,9-10,17H,2-3,5-8,11-14H2,(H,23,24,25)/t22-/m1/s1. The third kappa shape index (κ3) is 3.32. The van der Waals surface area contributed by atoms with Gasteiger partial charge in [-0.2, -0.15) is 0 Å². The topological polar surface area (TPSA) is 68.7 Å². The number of hydrogen-bond acceptors (Lipinski definition) is 7. The van der Waals surface area contributed by atoms with Gasteiger partial charge in [0, 0.05) is 30.9 Å². The Balaban J connectivity index is 1.22. The molecule has 3 aliphatic heterocycles. The van der Waals surface area contributed by atoms with Gasteiger partial charge in [-0.15, -0.1) is 0 Å². The molecule has 1 aromatic heterocycles. The Bertz CT molecular complexity index is 932. The van der Waals surface area contributed by atoms with Crippen molar-refractivity contribution in [3.63, 3.8) is 0 Å². The maximum atomic E-state index is 5.98. The second kappa shape index (κ2) is 6.85. The molecule has 0 radical (unpaired) electrons. The summed E-state index contributed by atoms with van der Waals surface area (Å²) in [5.41, 5.74) is 3.54. The SMILES string of the molecule is c1cc2c(cc1CN1CC[C@]3(COCc4cnc(NC5CC5)nc43)C1)OCCO2. The molecule has 4 aliphatic rings. The number of ether oxygens (including phenoxy) is 3. The highest BCUT2D eigenvalue weighted by Gasteiger charge is 2.45. The molecule has 2 fully saturated rings. The molecule has 1 spiro atoms. The van der Waals surface area contributed by atoms with E-state index in [1.165, 1.54) is 24.1 Å². The second-order valence-electron chi connectivity index (χ2n) is 8.70. The van der Waals surface area contributed by atoms with Gasteiger partial charge in [-0.05, 0) is 43.5 Å². The average Bonchev–Trinajstić information content (AvgIpc) is 3.48. The lowest BCUT2D eigenvalue weighted by atomic mass is 9.80. The highest BCUT2D eigenvalue weighted by molar-refractivity contribution is 5.44. The molecule has 6 rings (SSSR count). The maximum absolute atomic E-state index is 5.98.